The van der Waals surface area contributed by atoms with Crippen molar-refractivity contribution in [3.63, 3.8) is 0 Å². The van der Waals surface area contributed by atoms with Crippen LogP contribution in [0.3, 0.4) is 0 Å². The lowest BCUT2D eigenvalue weighted by atomic mass is 9.96. The molecule has 4 nitrogen and oxygen atoms in total. The molecule has 0 saturated carbocycles. The van der Waals surface area contributed by atoms with Crippen molar-refractivity contribution >= 4 is 39.1 Å². The first-order valence-corrected chi connectivity index (χ1v) is 8.51. The summed E-state index contributed by atoms with van der Waals surface area (Å²) in [5, 5.41) is 15.2. The van der Waals surface area contributed by atoms with Crippen molar-refractivity contribution in [3.05, 3.63) is 69.2 Å². The van der Waals surface area contributed by atoms with Gasteiger partial charge in [-0.25, -0.2) is 0 Å². The van der Waals surface area contributed by atoms with Crippen molar-refractivity contribution in [3.8, 4) is 0 Å². The molecule has 1 amide bonds. The number of hydrogen-bond acceptors (Lipinski definition) is 3. The molecule has 0 fully saturated rings. The SMILES string of the molecule is O=C(c1ccc(Cl)cc1)N1N=C(C(F)(F)F)CC1(O)c1ccc(Br)cc1. The molecule has 2 aromatic carbocycles. The Hall–Kier alpha value is -1.90. The molecule has 0 aliphatic carbocycles. The summed E-state index contributed by atoms with van der Waals surface area (Å²) in [7, 11) is 0. The lowest BCUT2D eigenvalue weighted by molar-refractivity contribution is -0.0816. The van der Waals surface area contributed by atoms with Crippen LogP contribution in [0.25, 0.3) is 0 Å². The van der Waals surface area contributed by atoms with Crippen molar-refractivity contribution in [1.29, 1.82) is 0 Å². The summed E-state index contributed by atoms with van der Waals surface area (Å²) >= 11 is 8.99. The number of carbonyl (C=O) groups is 1. The Morgan fingerprint density at radius 2 is 1.73 bits per heavy atom. The fourth-order valence-corrected chi connectivity index (χ4v) is 2.96. The third kappa shape index (κ3) is 3.49. The summed E-state index contributed by atoms with van der Waals surface area (Å²) in [4.78, 5) is 12.7. The van der Waals surface area contributed by atoms with Crippen LogP contribution in [0.2, 0.25) is 5.02 Å². The quantitative estimate of drug-likeness (QED) is 0.725. The molecular formula is C17H11BrClF3N2O2. The monoisotopic (exact) mass is 446 g/mol. The number of hydrazone groups is 1. The fraction of sp³-hybridized carbons (Fsp3) is 0.176. The number of carbonyl (C=O) groups excluding carboxylic acids is 1. The minimum absolute atomic E-state index is 0.0529. The average Bonchev–Trinajstić information content (AvgIpc) is 2.94. The van der Waals surface area contributed by atoms with Crippen molar-refractivity contribution < 1.29 is 23.1 Å². The highest BCUT2D eigenvalue weighted by atomic mass is 79.9. The maximum absolute atomic E-state index is 13.2. The van der Waals surface area contributed by atoms with E-state index in [2.05, 4.69) is 21.0 Å². The smallest absolute Gasteiger partial charge is 0.365 e. The van der Waals surface area contributed by atoms with E-state index in [0.717, 1.165) is 0 Å². The van der Waals surface area contributed by atoms with E-state index in [1.807, 2.05) is 0 Å². The number of hydrogen-bond donors (Lipinski definition) is 1. The molecule has 0 aromatic heterocycles. The van der Waals surface area contributed by atoms with E-state index in [0.29, 0.717) is 14.5 Å². The van der Waals surface area contributed by atoms with Crippen LogP contribution in [0.1, 0.15) is 22.3 Å². The zero-order chi connectivity index (χ0) is 19.1. The molecule has 0 spiro atoms. The van der Waals surface area contributed by atoms with Gasteiger partial charge in [0.15, 0.2) is 5.72 Å². The molecule has 1 atom stereocenters. The Labute approximate surface area is 160 Å². The molecule has 1 heterocycles. The van der Waals surface area contributed by atoms with Crippen molar-refractivity contribution in [2.24, 2.45) is 5.10 Å². The molecule has 3 rings (SSSR count). The fourth-order valence-electron chi connectivity index (χ4n) is 2.57. The van der Waals surface area contributed by atoms with E-state index in [1.54, 1.807) is 12.1 Å². The zero-order valence-electron chi connectivity index (χ0n) is 13.0. The molecule has 1 unspecified atom stereocenters. The highest BCUT2D eigenvalue weighted by Gasteiger charge is 2.53. The largest absolute Gasteiger partial charge is 0.431 e. The molecule has 26 heavy (non-hydrogen) atoms. The maximum atomic E-state index is 13.2. The van der Waals surface area contributed by atoms with E-state index >= 15 is 0 Å². The van der Waals surface area contributed by atoms with Gasteiger partial charge in [-0.2, -0.15) is 23.3 Å². The number of halogens is 5. The van der Waals surface area contributed by atoms with E-state index in [9.17, 15) is 23.1 Å². The van der Waals surface area contributed by atoms with Gasteiger partial charge in [-0.1, -0.05) is 39.7 Å². The molecule has 0 bridgehead atoms. The van der Waals surface area contributed by atoms with Crippen molar-refractivity contribution in [2.75, 3.05) is 0 Å². The van der Waals surface area contributed by atoms with E-state index in [4.69, 9.17) is 11.6 Å². The molecule has 0 radical (unpaired) electrons. The standard InChI is InChI=1S/C17H11BrClF3N2O2/c18-12-5-3-11(4-6-12)16(26)9-14(17(20,21)22)23-24(16)15(25)10-1-7-13(19)8-2-10/h1-8,26H,9H2. The summed E-state index contributed by atoms with van der Waals surface area (Å²) < 4.78 is 40.2. The Balaban J connectivity index is 2.06. The summed E-state index contributed by atoms with van der Waals surface area (Å²) in [6.45, 7) is 0. The normalized spacial score (nSPS) is 20.2. The summed E-state index contributed by atoms with van der Waals surface area (Å²) in [5.41, 5.74) is -3.31. The van der Waals surface area contributed by atoms with E-state index in [1.165, 1.54) is 36.4 Å². The van der Waals surface area contributed by atoms with Gasteiger partial charge >= 0.3 is 6.18 Å². The van der Waals surface area contributed by atoms with Gasteiger partial charge in [0.25, 0.3) is 5.91 Å². The average molecular weight is 448 g/mol. The Morgan fingerprint density at radius 3 is 2.27 bits per heavy atom. The number of amides is 1. The third-order valence-electron chi connectivity index (χ3n) is 3.90. The van der Waals surface area contributed by atoms with Crippen LogP contribution in [-0.4, -0.2) is 27.9 Å². The van der Waals surface area contributed by atoms with Gasteiger partial charge in [0, 0.05) is 20.6 Å². The zero-order valence-corrected chi connectivity index (χ0v) is 15.3. The van der Waals surface area contributed by atoms with Gasteiger partial charge in [-0.3, -0.25) is 4.79 Å². The Morgan fingerprint density at radius 1 is 1.15 bits per heavy atom. The van der Waals surface area contributed by atoms with Gasteiger partial charge in [-0.05, 0) is 36.4 Å². The van der Waals surface area contributed by atoms with Crippen LogP contribution < -0.4 is 0 Å². The second-order valence-electron chi connectivity index (χ2n) is 5.67. The van der Waals surface area contributed by atoms with Crippen LogP contribution in [0.5, 0.6) is 0 Å². The van der Waals surface area contributed by atoms with Gasteiger partial charge in [0.05, 0.1) is 6.42 Å². The van der Waals surface area contributed by atoms with Crippen LogP contribution in [0, 0.1) is 0 Å². The second kappa shape index (κ2) is 6.68. The number of benzene rings is 2. The van der Waals surface area contributed by atoms with Gasteiger partial charge in [0.1, 0.15) is 5.71 Å². The first-order chi connectivity index (χ1) is 12.1. The van der Waals surface area contributed by atoms with Crippen LogP contribution in [-0.2, 0) is 5.72 Å². The maximum Gasteiger partial charge on any atom is 0.431 e. The lowest BCUT2D eigenvalue weighted by Crippen LogP contribution is -2.43. The highest BCUT2D eigenvalue weighted by Crippen LogP contribution is 2.40. The van der Waals surface area contributed by atoms with Crippen LogP contribution in [0.4, 0.5) is 13.2 Å². The molecule has 1 aliphatic rings. The van der Waals surface area contributed by atoms with E-state index < -0.39 is 29.9 Å². The van der Waals surface area contributed by atoms with Gasteiger partial charge < -0.3 is 5.11 Å². The number of nitrogens with zero attached hydrogens (tertiary/aromatic N) is 2. The van der Waals surface area contributed by atoms with Crippen LogP contribution >= 0.6 is 27.5 Å². The van der Waals surface area contributed by atoms with Crippen LogP contribution in [0.15, 0.2) is 58.1 Å². The minimum atomic E-state index is -4.77. The predicted octanol–water partition coefficient (Wildman–Crippen LogP) is 4.71. The highest BCUT2D eigenvalue weighted by molar-refractivity contribution is 9.10. The number of alkyl halides is 3. The summed E-state index contributed by atoms with van der Waals surface area (Å²) in [5.74, 6) is -0.869. The Kier molecular flexibility index (Phi) is 4.85. The topological polar surface area (TPSA) is 52.9 Å². The number of rotatable bonds is 2. The summed E-state index contributed by atoms with van der Waals surface area (Å²) in [6, 6.07) is 11.5. The molecule has 0 saturated heterocycles. The summed E-state index contributed by atoms with van der Waals surface area (Å²) in [6.07, 6.45) is -5.63. The molecular weight excluding hydrogens is 437 g/mol. The van der Waals surface area contributed by atoms with Gasteiger partial charge in [-0.15, -0.1) is 0 Å². The first-order valence-electron chi connectivity index (χ1n) is 7.34. The van der Waals surface area contributed by atoms with E-state index in [-0.39, 0.29) is 11.1 Å². The Bertz CT molecular complexity index is 869. The second-order valence-corrected chi connectivity index (χ2v) is 7.02. The number of aliphatic hydroxyl groups is 1. The predicted molar refractivity (Wildman–Crippen MR) is 93.8 cm³/mol. The molecule has 1 N–H and O–H groups in total. The van der Waals surface area contributed by atoms with Gasteiger partial charge in [0.2, 0.25) is 0 Å². The third-order valence-corrected chi connectivity index (χ3v) is 4.68. The lowest BCUT2D eigenvalue weighted by Gasteiger charge is -2.31. The first kappa shape index (κ1) is 18.9. The molecule has 9 heteroatoms. The van der Waals surface area contributed by atoms with Crippen molar-refractivity contribution in [1.82, 2.24) is 5.01 Å². The molecule has 2 aromatic rings. The molecule has 136 valence electrons. The minimum Gasteiger partial charge on any atom is -0.365 e. The molecule has 1 aliphatic heterocycles. The van der Waals surface area contributed by atoms with Crippen molar-refractivity contribution in [2.45, 2.75) is 18.3 Å².